The molecule has 0 bridgehead atoms. The Kier molecular flexibility index (Phi) is 2.64. The molecule has 0 N–H and O–H groups in total. The standard InChI is InChI=1S/C15H12O3P2/c16-20-12-6-2-4-10-14(12)15(8-18-10)7-17-9-3-1-5-11(19)13(9)15/h1-6H,7-8,19H2. The van der Waals surface area contributed by atoms with Crippen molar-refractivity contribution in [2.75, 3.05) is 13.2 Å². The molecule has 2 heterocycles. The molecular weight excluding hydrogens is 290 g/mol. The zero-order chi connectivity index (χ0) is 13.7. The summed E-state index contributed by atoms with van der Waals surface area (Å²) in [5, 5.41) is 1.89. The maximum Gasteiger partial charge on any atom is 0.192 e. The number of rotatable bonds is 1. The van der Waals surface area contributed by atoms with E-state index in [1.807, 2.05) is 30.3 Å². The number of hydrogen-bond acceptors (Lipinski definition) is 3. The van der Waals surface area contributed by atoms with Crippen LogP contribution < -0.4 is 20.1 Å². The van der Waals surface area contributed by atoms with Gasteiger partial charge in [0.05, 0.1) is 10.7 Å². The van der Waals surface area contributed by atoms with E-state index < -0.39 is 0 Å². The van der Waals surface area contributed by atoms with Gasteiger partial charge in [-0.1, -0.05) is 18.2 Å². The van der Waals surface area contributed by atoms with Crippen molar-refractivity contribution in [1.29, 1.82) is 0 Å². The summed E-state index contributed by atoms with van der Waals surface area (Å²) >= 11 is 0. The van der Waals surface area contributed by atoms with Gasteiger partial charge in [-0.2, -0.15) is 0 Å². The lowest BCUT2D eigenvalue weighted by Crippen LogP contribution is -2.36. The van der Waals surface area contributed by atoms with Crippen molar-refractivity contribution in [2.24, 2.45) is 0 Å². The van der Waals surface area contributed by atoms with E-state index in [2.05, 4.69) is 15.3 Å². The summed E-state index contributed by atoms with van der Waals surface area (Å²) in [5.41, 5.74) is 1.81. The molecule has 0 aliphatic carbocycles. The molecule has 0 saturated heterocycles. The van der Waals surface area contributed by atoms with Crippen molar-refractivity contribution in [1.82, 2.24) is 0 Å². The predicted molar refractivity (Wildman–Crippen MR) is 81.2 cm³/mol. The Bertz CT molecular complexity index is 725. The molecule has 2 unspecified atom stereocenters. The molecule has 0 radical (unpaired) electrons. The zero-order valence-electron chi connectivity index (χ0n) is 10.6. The Hall–Kier alpha value is -1.43. The van der Waals surface area contributed by atoms with Gasteiger partial charge in [-0.15, -0.1) is 9.24 Å². The molecule has 2 aliphatic heterocycles. The zero-order valence-corrected chi connectivity index (χ0v) is 12.7. The van der Waals surface area contributed by atoms with Gasteiger partial charge in [0.15, 0.2) is 8.46 Å². The minimum Gasteiger partial charge on any atom is -0.492 e. The van der Waals surface area contributed by atoms with E-state index in [1.165, 1.54) is 0 Å². The van der Waals surface area contributed by atoms with Gasteiger partial charge in [-0.3, -0.25) is 4.57 Å². The maximum absolute atomic E-state index is 11.5. The van der Waals surface area contributed by atoms with Crippen LogP contribution in [-0.4, -0.2) is 13.2 Å². The number of hydrogen-bond donors (Lipinski definition) is 0. The molecular formula is C15H12O3P2. The van der Waals surface area contributed by atoms with Crippen molar-refractivity contribution in [3.8, 4) is 11.5 Å². The molecule has 0 amide bonds. The van der Waals surface area contributed by atoms with E-state index in [1.54, 1.807) is 0 Å². The van der Waals surface area contributed by atoms with Crippen LogP contribution in [0.4, 0.5) is 0 Å². The quantitative estimate of drug-likeness (QED) is 0.757. The smallest absolute Gasteiger partial charge is 0.192 e. The highest BCUT2D eigenvalue weighted by molar-refractivity contribution is 7.34. The van der Waals surface area contributed by atoms with E-state index >= 15 is 0 Å². The van der Waals surface area contributed by atoms with Crippen molar-refractivity contribution >= 4 is 28.3 Å². The Morgan fingerprint density at radius 3 is 2.35 bits per heavy atom. The molecule has 1 spiro atoms. The Labute approximate surface area is 120 Å². The van der Waals surface area contributed by atoms with Gasteiger partial charge in [-0.25, -0.2) is 0 Å². The second-order valence-electron chi connectivity index (χ2n) is 5.12. The van der Waals surface area contributed by atoms with E-state index in [0.29, 0.717) is 13.2 Å². The van der Waals surface area contributed by atoms with Crippen molar-refractivity contribution in [3.63, 3.8) is 0 Å². The Morgan fingerprint density at radius 1 is 1.00 bits per heavy atom. The lowest BCUT2D eigenvalue weighted by atomic mass is 9.78. The number of fused-ring (bicyclic) bond motifs is 4. The van der Waals surface area contributed by atoms with Crippen molar-refractivity contribution in [2.45, 2.75) is 5.41 Å². The SMILES string of the molecule is O=Pc1cccc2c1C1(COc3cccc(P)c31)CO2. The molecule has 5 heteroatoms. The predicted octanol–water partition coefficient (Wildman–Crippen LogP) is 2.17. The van der Waals surface area contributed by atoms with Crippen LogP contribution >= 0.6 is 17.7 Å². The van der Waals surface area contributed by atoms with Gasteiger partial charge in [0.25, 0.3) is 0 Å². The fourth-order valence-corrected chi connectivity index (χ4v) is 4.33. The second-order valence-corrected chi connectivity index (χ2v) is 6.41. The number of ether oxygens (including phenoxy) is 2. The largest absolute Gasteiger partial charge is 0.492 e. The average molecular weight is 302 g/mol. The summed E-state index contributed by atoms with van der Waals surface area (Å²) in [5.74, 6) is 1.71. The first-order valence-electron chi connectivity index (χ1n) is 6.38. The highest BCUT2D eigenvalue weighted by atomic mass is 31.1. The van der Waals surface area contributed by atoms with Gasteiger partial charge in [0.1, 0.15) is 24.7 Å². The average Bonchev–Trinajstić information content (AvgIpc) is 3.03. The number of benzene rings is 2. The fraction of sp³-hybridized carbons (Fsp3) is 0.200. The first-order valence-corrected chi connectivity index (χ1v) is 7.77. The van der Waals surface area contributed by atoms with Crippen LogP contribution in [-0.2, 0) is 9.98 Å². The van der Waals surface area contributed by atoms with Crippen LogP contribution in [0.2, 0.25) is 0 Å². The minimum atomic E-state index is -0.336. The summed E-state index contributed by atoms with van der Waals surface area (Å²) in [6, 6.07) is 11.7. The van der Waals surface area contributed by atoms with Crippen molar-refractivity contribution < 1.29 is 14.0 Å². The molecule has 0 saturated carbocycles. The molecule has 20 heavy (non-hydrogen) atoms. The molecule has 3 nitrogen and oxygen atoms in total. The first kappa shape index (κ1) is 12.3. The molecule has 2 aliphatic rings. The minimum absolute atomic E-state index is 0.0187. The lowest BCUT2D eigenvalue weighted by Gasteiger charge is -2.22. The monoisotopic (exact) mass is 302 g/mol. The summed E-state index contributed by atoms with van der Waals surface area (Å²) in [6.07, 6.45) is 0. The van der Waals surface area contributed by atoms with Crippen LogP contribution in [0, 0.1) is 0 Å². The summed E-state index contributed by atoms with van der Waals surface area (Å²) in [4.78, 5) is 0. The Morgan fingerprint density at radius 2 is 1.65 bits per heavy atom. The molecule has 2 aromatic carbocycles. The highest BCUT2D eigenvalue weighted by Gasteiger charge is 2.50. The van der Waals surface area contributed by atoms with Crippen LogP contribution in [0.1, 0.15) is 11.1 Å². The van der Waals surface area contributed by atoms with Crippen LogP contribution in [0.5, 0.6) is 11.5 Å². The lowest BCUT2D eigenvalue weighted by molar-refractivity contribution is 0.238. The van der Waals surface area contributed by atoms with Crippen LogP contribution in [0.25, 0.3) is 0 Å². The van der Waals surface area contributed by atoms with Gasteiger partial charge < -0.3 is 9.47 Å². The topological polar surface area (TPSA) is 35.5 Å². The van der Waals surface area contributed by atoms with E-state index in [-0.39, 0.29) is 13.9 Å². The maximum atomic E-state index is 11.5. The van der Waals surface area contributed by atoms with Crippen molar-refractivity contribution in [3.05, 3.63) is 47.5 Å². The Balaban J connectivity index is 2.04. The third-order valence-corrected chi connectivity index (χ3v) is 5.12. The van der Waals surface area contributed by atoms with Crippen LogP contribution in [0.15, 0.2) is 36.4 Å². The van der Waals surface area contributed by atoms with Gasteiger partial charge in [0, 0.05) is 11.1 Å². The normalized spacial score (nSPS) is 22.4. The van der Waals surface area contributed by atoms with E-state index in [4.69, 9.17) is 9.47 Å². The molecule has 4 rings (SSSR count). The van der Waals surface area contributed by atoms with E-state index in [0.717, 1.165) is 33.2 Å². The van der Waals surface area contributed by atoms with Crippen LogP contribution in [0.3, 0.4) is 0 Å². The molecule has 2 aromatic rings. The summed E-state index contributed by atoms with van der Waals surface area (Å²) in [6.45, 7) is 1.07. The summed E-state index contributed by atoms with van der Waals surface area (Å²) in [7, 11) is 2.79. The van der Waals surface area contributed by atoms with Gasteiger partial charge >= 0.3 is 0 Å². The molecule has 0 aromatic heterocycles. The fourth-order valence-electron chi connectivity index (χ4n) is 3.23. The molecule has 0 fully saturated rings. The van der Waals surface area contributed by atoms with Gasteiger partial charge in [-0.05, 0) is 23.5 Å². The molecule has 2 atom stereocenters. The van der Waals surface area contributed by atoms with E-state index in [9.17, 15) is 4.57 Å². The third kappa shape index (κ3) is 1.45. The highest BCUT2D eigenvalue weighted by Crippen LogP contribution is 2.49. The second kappa shape index (κ2) is 4.28. The third-order valence-electron chi connectivity index (χ3n) is 4.07. The molecule has 100 valence electrons. The van der Waals surface area contributed by atoms with Gasteiger partial charge in [0.2, 0.25) is 0 Å². The first-order chi connectivity index (χ1) is 9.76. The summed E-state index contributed by atoms with van der Waals surface area (Å²) < 4.78 is 23.2.